The average Bonchev–Trinajstić information content (AvgIpc) is 2.99. The summed E-state index contributed by atoms with van der Waals surface area (Å²) in [5.74, 6) is -0.203. The van der Waals surface area contributed by atoms with Gasteiger partial charge in [0.15, 0.2) is 0 Å². The third kappa shape index (κ3) is 6.17. The van der Waals surface area contributed by atoms with Gasteiger partial charge in [0, 0.05) is 62.3 Å². The molecule has 0 saturated carbocycles. The van der Waals surface area contributed by atoms with Crippen LogP contribution in [0.25, 0.3) is 11.1 Å². The minimum absolute atomic E-state index is 0.0478. The van der Waals surface area contributed by atoms with Gasteiger partial charge in [-0.3, -0.25) is 9.59 Å². The van der Waals surface area contributed by atoms with Gasteiger partial charge in [-0.2, -0.15) is 0 Å². The predicted octanol–water partition coefficient (Wildman–Crippen LogP) is 3.72. The molecule has 2 aromatic carbocycles. The van der Waals surface area contributed by atoms with Gasteiger partial charge in [-0.05, 0) is 55.3 Å². The van der Waals surface area contributed by atoms with Gasteiger partial charge in [0.25, 0.3) is 11.8 Å². The van der Waals surface area contributed by atoms with Crippen LogP contribution in [0.5, 0.6) is 11.6 Å². The van der Waals surface area contributed by atoms with Gasteiger partial charge in [-0.1, -0.05) is 13.0 Å². The molecule has 1 atom stereocenters. The molecule has 3 aromatic rings. The van der Waals surface area contributed by atoms with Crippen molar-refractivity contribution >= 4 is 17.5 Å². The first-order valence-corrected chi connectivity index (χ1v) is 13.5. The number of piperazine rings is 1. The molecule has 1 aromatic heterocycles. The van der Waals surface area contributed by atoms with Crippen molar-refractivity contribution in [1.82, 2.24) is 15.2 Å². The number of halogens is 1. The van der Waals surface area contributed by atoms with Crippen molar-refractivity contribution in [2.24, 2.45) is 5.73 Å². The Bertz CT molecular complexity index is 1350. The van der Waals surface area contributed by atoms with E-state index in [2.05, 4.69) is 22.1 Å². The molecule has 2 heterocycles. The fourth-order valence-electron chi connectivity index (χ4n) is 5.00. The van der Waals surface area contributed by atoms with Gasteiger partial charge >= 0.3 is 0 Å². The number of carbonyl (C=O) groups excluding carboxylic acids is 2. The van der Waals surface area contributed by atoms with E-state index >= 15 is 0 Å². The number of aromatic nitrogens is 1. The second kappa shape index (κ2) is 13.3. The highest BCUT2D eigenvalue weighted by Crippen LogP contribution is 2.34. The van der Waals surface area contributed by atoms with Gasteiger partial charge in [-0.25, -0.2) is 9.37 Å². The molecule has 2 amide bonds. The second-order valence-electron chi connectivity index (χ2n) is 9.42. The first kappa shape index (κ1) is 28.8. The number of benzene rings is 2. The molecule has 3 N–H and O–H groups in total. The number of anilines is 1. The molecular weight excluding hydrogens is 513 g/mol. The minimum atomic E-state index is -0.465. The van der Waals surface area contributed by atoms with Gasteiger partial charge < -0.3 is 30.3 Å². The van der Waals surface area contributed by atoms with Crippen LogP contribution >= 0.6 is 0 Å². The quantitative estimate of drug-likeness (QED) is 0.397. The Balaban J connectivity index is 1.66. The minimum Gasteiger partial charge on any atom is -0.496 e. The molecule has 0 aliphatic carbocycles. The number of ether oxygens (including phenoxy) is 2. The smallest absolute Gasteiger partial charge is 0.257 e. The second-order valence-corrected chi connectivity index (χ2v) is 9.42. The summed E-state index contributed by atoms with van der Waals surface area (Å²) >= 11 is 0. The number of nitrogens with two attached hydrogens (primary N) is 1. The predicted molar refractivity (Wildman–Crippen MR) is 153 cm³/mol. The lowest BCUT2D eigenvalue weighted by Crippen LogP contribution is -2.55. The van der Waals surface area contributed by atoms with Crippen LogP contribution in [0.1, 0.15) is 41.0 Å². The summed E-state index contributed by atoms with van der Waals surface area (Å²) in [6, 6.07) is 13.4. The first-order chi connectivity index (χ1) is 19.4. The monoisotopic (exact) mass is 549 g/mol. The van der Waals surface area contributed by atoms with Crippen molar-refractivity contribution in [2.75, 3.05) is 51.3 Å². The summed E-state index contributed by atoms with van der Waals surface area (Å²) in [6.07, 6.45) is 2.42. The van der Waals surface area contributed by atoms with E-state index in [-0.39, 0.29) is 23.6 Å². The highest BCUT2D eigenvalue weighted by Gasteiger charge is 2.32. The number of methoxy groups -OCH3 is 1. The molecule has 0 unspecified atom stereocenters. The number of hydrogen-bond donors (Lipinski definition) is 2. The Labute approximate surface area is 234 Å². The summed E-state index contributed by atoms with van der Waals surface area (Å²) < 4.78 is 24.7. The Morgan fingerprint density at radius 3 is 2.67 bits per heavy atom. The molecule has 9 nitrogen and oxygen atoms in total. The maximum Gasteiger partial charge on any atom is 0.257 e. The van der Waals surface area contributed by atoms with Crippen molar-refractivity contribution < 1.29 is 23.5 Å². The van der Waals surface area contributed by atoms with Crippen molar-refractivity contribution in [2.45, 2.75) is 26.3 Å². The van der Waals surface area contributed by atoms with Crippen LogP contribution in [0.3, 0.4) is 0 Å². The maximum absolute atomic E-state index is 13.7. The third-order valence-electron chi connectivity index (χ3n) is 6.98. The van der Waals surface area contributed by atoms with E-state index in [4.69, 9.17) is 15.2 Å². The zero-order valence-corrected chi connectivity index (χ0v) is 23.2. The van der Waals surface area contributed by atoms with E-state index in [0.29, 0.717) is 56.3 Å². The SMILES string of the molecule is CCOc1ncccc1-c1ccc(N2CCN(C(=O)c3ccc(F)cc3OC)C[C@H]2CC)c(C(=O)NCCN)c1. The fraction of sp³-hybridized carbons (Fsp3) is 0.367. The lowest BCUT2D eigenvalue weighted by atomic mass is 9.99. The van der Waals surface area contributed by atoms with Crippen LogP contribution in [0.4, 0.5) is 10.1 Å². The van der Waals surface area contributed by atoms with Crippen LogP contribution in [0.2, 0.25) is 0 Å². The topological polar surface area (TPSA) is 110 Å². The van der Waals surface area contributed by atoms with Crippen LogP contribution in [0, 0.1) is 5.82 Å². The molecule has 212 valence electrons. The molecular formula is C30H36FN5O4. The van der Waals surface area contributed by atoms with Crippen LogP contribution in [-0.2, 0) is 0 Å². The zero-order chi connectivity index (χ0) is 28.6. The van der Waals surface area contributed by atoms with Crippen molar-refractivity contribution in [3.8, 4) is 22.8 Å². The number of nitrogens with one attached hydrogen (secondary N) is 1. The molecule has 0 radical (unpaired) electrons. The van der Waals surface area contributed by atoms with Crippen molar-refractivity contribution in [3.05, 3.63) is 71.7 Å². The standard InChI is InChI=1S/C30H36FN5O4/c1-4-22-19-35(30(38)24-10-9-21(31)18-27(24)39-3)15-16-36(22)26-11-8-20(17-25(26)28(37)33-14-12-32)23-7-6-13-34-29(23)40-5-2/h6-11,13,17-18,22H,4-5,12,14-16,19,32H2,1-3H3,(H,33,37)/t22-/m1/s1. The normalized spacial score (nSPS) is 15.1. The number of carbonyl (C=O) groups is 2. The summed E-state index contributed by atoms with van der Waals surface area (Å²) in [5, 5.41) is 2.90. The van der Waals surface area contributed by atoms with Crippen LogP contribution in [0.15, 0.2) is 54.7 Å². The third-order valence-corrected chi connectivity index (χ3v) is 6.98. The van der Waals surface area contributed by atoms with Gasteiger partial charge in [0.2, 0.25) is 5.88 Å². The highest BCUT2D eigenvalue weighted by molar-refractivity contribution is 6.01. The summed E-state index contributed by atoms with van der Waals surface area (Å²) in [6.45, 7) is 6.47. The zero-order valence-electron chi connectivity index (χ0n) is 23.2. The molecule has 0 spiro atoms. The fourth-order valence-corrected chi connectivity index (χ4v) is 5.00. The molecule has 0 bridgehead atoms. The van der Waals surface area contributed by atoms with Crippen LogP contribution in [-0.4, -0.2) is 74.2 Å². The summed E-state index contributed by atoms with van der Waals surface area (Å²) in [7, 11) is 1.42. The average molecular weight is 550 g/mol. The van der Waals surface area contributed by atoms with E-state index in [0.717, 1.165) is 23.2 Å². The van der Waals surface area contributed by atoms with E-state index in [1.54, 1.807) is 11.1 Å². The van der Waals surface area contributed by atoms with Gasteiger partial charge in [0.1, 0.15) is 11.6 Å². The number of pyridine rings is 1. The molecule has 1 aliphatic heterocycles. The van der Waals surface area contributed by atoms with E-state index in [1.807, 2.05) is 37.3 Å². The van der Waals surface area contributed by atoms with E-state index in [1.165, 1.54) is 25.3 Å². The Morgan fingerprint density at radius 1 is 1.12 bits per heavy atom. The number of amides is 2. The molecule has 1 aliphatic rings. The largest absolute Gasteiger partial charge is 0.496 e. The summed E-state index contributed by atoms with van der Waals surface area (Å²) in [4.78, 5) is 35.0. The van der Waals surface area contributed by atoms with Crippen molar-refractivity contribution in [1.29, 1.82) is 0 Å². The first-order valence-electron chi connectivity index (χ1n) is 13.5. The number of rotatable bonds is 10. The molecule has 1 saturated heterocycles. The van der Waals surface area contributed by atoms with Gasteiger partial charge in [0.05, 0.1) is 24.8 Å². The molecule has 1 fully saturated rings. The lowest BCUT2D eigenvalue weighted by molar-refractivity contribution is 0.0716. The van der Waals surface area contributed by atoms with Crippen LogP contribution < -0.4 is 25.4 Å². The maximum atomic E-state index is 13.7. The van der Waals surface area contributed by atoms with Crippen molar-refractivity contribution in [3.63, 3.8) is 0 Å². The van der Waals surface area contributed by atoms with E-state index < -0.39 is 5.82 Å². The Kier molecular flexibility index (Phi) is 9.55. The Morgan fingerprint density at radius 2 is 1.95 bits per heavy atom. The number of nitrogens with zero attached hydrogens (tertiary/aromatic N) is 3. The number of hydrogen-bond acceptors (Lipinski definition) is 7. The van der Waals surface area contributed by atoms with E-state index in [9.17, 15) is 14.0 Å². The summed E-state index contributed by atoms with van der Waals surface area (Å²) in [5.41, 5.74) is 8.86. The Hall–Kier alpha value is -4.18. The molecule has 10 heteroatoms. The van der Waals surface area contributed by atoms with Gasteiger partial charge in [-0.15, -0.1) is 0 Å². The lowest BCUT2D eigenvalue weighted by Gasteiger charge is -2.43. The molecule has 40 heavy (non-hydrogen) atoms. The highest BCUT2D eigenvalue weighted by atomic mass is 19.1. The molecule has 4 rings (SSSR count).